The number of benzene rings is 1. The Bertz CT molecular complexity index is 675. The first kappa shape index (κ1) is 14.5. The van der Waals surface area contributed by atoms with Crippen LogP contribution >= 0.6 is 0 Å². The number of rotatable bonds is 5. The molecule has 0 saturated heterocycles. The van der Waals surface area contributed by atoms with Gasteiger partial charge in [-0.05, 0) is 42.3 Å². The van der Waals surface area contributed by atoms with E-state index in [4.69, 9.17) is 5.11 Å². The molecule has 1 aromatic heterocycles. The number of carbonyl (C=O) groups is 2. The largest absolute Gasteiger partial charge is 0.478 e. The van der Waals surface area contributed by atoms with Crippen molar-refractivity contribution in [3.8, 4) is 0 Å². The second kappa shape index (κ2) is 6.51. The van der Waals surface area contributed by atoms with E-state index in [1.807, 2.05) is 13.0 Å². The van der Waals surface area contributed by atoms with Gasteiger partial charge in [0.25, 0.3) is 0 Å². The van der Waals surface area contributed by atoms with E-state index in [9.17, 15) is 9.59 Å². The Kier molecular flexibility index (Phi) is 4.50. The highest BCUT2D eigenvalue weighted by Crippen LogP contribution is 2.17. The minimum atomic E-state index is -1.01. The van der Waals surface area contributed by atoms with Gasteiger partial charge < -0.3 is 10.4 Å². The molecule has 2 rings (SSSR count). The number of anilines is 1. The molecule has 1 amide bonds. The van der Waals surface area contributed by atoms with Crippen LogP contribution in [0.4, 0.5) is 5.69 Å². The van der Waals surface area contributed by atoms with Gasteiger partial charge in [0.1, 0.15) is 6.54 Å². The molecule has 0 unspecified atom stereocenters. The number of carbonyl (C=O) groups excluding carboxylic acids is 1. The summed E-state index contributed by atoms with van der Waals surface area (Å²) in [6.45, 7) is 2.00. The number of aryl methyl sites for hydroxylation is 1. The molecule has 1 aromatic carbocycles. The van der Waals surface area contributed by atoms with Crippen LogP contribution in [-0.4, -0.2) is 26.8 Å². The van der Waals surface area contributed by atoms with Crippen molar-refractivity contribution < 1.29 is 14.7 Å². The summed E-state index contributed by atoms with van der Waals surface area (Å²) in [5.41, 5.74) is 2.29. The molecule has 0 radical (unpaired) electrons. The Balaban J connectivity index is 2.08. The van der Waals surface area contributed by atoms with E-state index in [2.05, 4.69) is 10.4 Å². The van der Waals surface area contributed by atoms with E-state index < -0.39 is 5.97 Å². The van der Waals surface area contributed by atoms with E-state index in [0.29, 0.717) is 5.69 Å². The van der Waals surface area contributed by atoms with Crippen molar-refractivity contribution >= 4 is 23.6 Å². The first-order valence-corrected chi connectivity index (χ1v) is 6.33. The standard InChI is InChI=1S/C15H15N3O3/c1-11-3-5-13(9-12(11)4-6-15(20)21)17-14(19)10-18-8-2-7-16-18/h2-9H,10H2,1H3,(H,17,19)(H,20,21). The van der Waals surface area contributed by atoms with Gasteiger partial charge in [0, 0.05) is 24.2 Å². The average Bonchev–Trinajstić information content (AvgIpc) is 2.92. The molecule has 0 bridgehead atoms. The lowest BCUT2D eigenvalue weighted by Crippen LogP contribution is -2.19. The van der Waals surface area contributed by atoms with E-state index in [1.54, 1.807) is 30.6 Å². The van der Waals surface area contributed by atoms with Crippen molar-refractivity contribution in [2.45, 2.75) is 13.5 Å². The first-order chi connectivity index (χ1) is 10.0. The van der Waals surface area contributed by atoms with Gasteiger partial charge in [-0.2, -0.15) is 5.10 Å². The van der Waals surface area contributed by atoms with Crippen molar-refractivity contribution in [2.75, 3.05) is 5.32 Å². The van der Waals surface area contributed by atoms with Gasteiger partial charge in [-0.3, -0.25) is 9.48 Å². The highest BCUT2D eigenvalue weighted by molar-refractivity contribution is 5.91. The molecule has 1 heterocycles. The Morgan fingerprint density at radius 1 is 1.43 bits per heavy atom. The zero-order chi connectivity index (χ0) is 15.2. The van der Waals surface area contributed by atoms with Crippen molar-refractivity contribution in [2.24, 2.45) is 0 Å². The zero-order valence-corrected chi connectivity index (χ0v) is 11.5. The number of nitrogens with one attached hydrogen (secondary N) is 1. The lowest BCUT2D eigenvalue weighted by atomic mass is 10.1. The Labute approximate surface area is 121 Å². The maximum absolute atomic E-state index is 11.9. The number of carboxylic acids is 1. The Hall–Kier alpha value is -2.89. The van der Waals surface area contributed by atoms with Gasteiger partial charge >= 0.3 is 5.97 Å². The van der Waals surface area contributed by atoms with Crippen molar-refractivity contribution in [1.29, 1.82) is 0 Å². The van der Waals surface area contributed by atoms with Gasteiger partial charge in [0.05, 0.1) is 0 Å². The van der Waals surface area contributed by atoms with Crippen LogP contribution in [0.2, 0.25) is 0 Å². The molecule has 21 heavy (non-hydrogen) atoms. The van der Waals surface area contributed by atoms with Gasteiger partial charge in [-0.25, -0.2) is 4.79 Å². The van der Waals surface area contributed by atoms with Crippen LogP contribution in [0.1, 0.15) is 11.1 Å². The topological polar surface area (TPSA) is 84.2 Å². The van der Waals surface area contributed by atoms with Crippen molar-refractivity contribution in [3.63, 3.8) is 0 Å². The third-order valence-corrected chi connectivity index (χ3v) is 2.83. The van der Waals surface area contributed by atoms with E-state index in [0.717, 1.165) is 17.2 Å². The fourth-order valence-corrected chi connectivity index (χ4v) is 1.80. The van der Waals surface area contributed by atoms with Crippen LogP contribution in [0.15, 0.2) is 42.7 Å². The molecule has 0 spiro atoms. The molecule has 6 heteroatoms. The van der Waals surface area contributed by atoms with Crippen LogP contribution in [-0.2, 0) is 16.1 Å². The molecular formula is C15H15N3O3. The van der Waals surface area contributed by atoms with E-state index in [-0.39, 0.29) is 12.5 Å². The van der Waals surface area contributed by atoms with Gasteiger partial charge in [0.2, 0.25) is 5.91 Å². The monoisotopic (exact) mass is 285 g/mol. The lowest BCUT2D eigenvalue weighted by molar-refractivity contribution is -0.131. The molecule has 0 aliphatic rings. The third-order valence-electron chi connectivity index (χ3n) is 2.83. The summed E-state index contributed by atoms with van der Waals surface area (Å²) in [5, 5.41) is 15.4. The molecule has 6 nitrogen and oxygen atoms in total. The van der Waals surface area contributed by atoms with Gasteiger partial charge in [-0.15, -0.1) is 0 Å². The van der Waals surface area contributed by atoms with E-state index >= 15 is 0 Å². The second-order valence-electron chi connectivity index (χ2n) is 4.49. The predicted molar refractivity (Wildman–Crippen MR) is 78.7 cm³/mol. The molecule has 2 aromatic rings. The molecular weight excluding hydrogens is 270 g/mol. The minimum absolute atomic E-state index is 0.126. The van der Waals surface area contributed by atoms with E-state index in [1.165, 1.54) is 10.8 Å². The van der Waals surface area contributed by atoms with Crippen LogP contribution in [0.25, 0.3) is 6.08 Å². The number of aromatic nitrogens is 2. The SMILES string of the molecule is Cc1ccc(NC(=O)Cn2cccn2)cc1C=CC(=O)O. The Morgan fingerprint density at radius 3 is 2.90 bits per heavy atom. The smallest absolute Gasteiger partial charge is 0.328 e. The summed E-state index contributed by atoms with van der Waals surface area (Å²) in [6.07, 6.45) is 5.88. The molecule has 0 aliphatic carbocycles. The second-order valence-corrected chi connectivity index (χ2v) is 4.49. The van der Waals surface area contributed by atoms with Crippen molar-refractivity contribution in [3.05, 3.63) is 53.9 Å². The van der Waals surface area contributed by atoms with Crippen LogP contribution < -0.4 is 5.32 Å². The summed E-state index contributed by atoms with van der Waals surface area (Å²) >= 11 is 0. The molecule has 0 atom stereocenters. The summed E-state index contributed by atoms with van der Waals surface area (Å²) in [5.74, 6) is -1.21. The Morgan fingerprint density at radius 2 is 2.24 bits per heavy atom. The highest BCUT2D eigenvalue weighted by atomic mass is 16.4. The minimum Gasteiger partial charge on any atom is -0.478 e. The first-order valence-electron chi connectivity index (χ1n) is 6.33. The van der Waals surface area contributed by atoms with Crippen molar-refractivity contribution in [1.82, 2.24) is 9.78 Å². The molecule has 0 fully saturated rings. The number of nitrogens with zero attached hydrogens (tertiary/aromatic N) is 2. The maximum atomic E-state index is 11.9. The predicted octanol–water partition coefficient (Wildman–Crippen LogP) is 1.93. The molecule has 0 aliphatic heterocycles. The molecule has 108 valence electrons. The number of hydrogen-bond acceptors (Lipinski definition) is 3. The number of carboxylic acid groups (broad SMARTS) is 1. The van der Waals surface area contributed by atoms with Gasteiger partial charge in [-0.1, -0.05) is 6.07 Å². The fourth-order valence-electron chi connectivity index (χ4n) is 1.80. The average molecular weight is 285 g/mol. The summed E-state index contributed by atoms with van der Waals surface area (Å²) in [7, 11) is 0. The molecule has 0 saturated carbocycles. The third kappa shape index (κ3) is 4.31. The highest BCUT2D eigenvalue weighted by Gasteiger charge is 2.05. The zero-order valence-electron chi connectivity index (χ0n) is 11.5. The normalized spacial score (nSPS) is 10.7. The fraction of sp³-hybridized carbons (Fsp3) is 0.133. The van der Waals surface area contributed by atoms with Crippen LogP contribution in [0, 0.1) is 6.92 Å². The molecule has 2 N–H and O–H groups in total. The summed E-state index contributed by atoms with van der Waals surface area (Å²) in [4.78, 5) is 22.4. The quantitative estimate of drug-likeness (QED) is 0.822. The number of hydrogen-bond donors (Lipinski definition) is 2. The van der Waals surface area contributed by atoms with Crippen LogP contribution in [0.5, 0.6) is 0 Å². The number of aliphatic carboxylic acids is 1. The van der Waals surface area contributed by atoms with Crippen LogP contribution in [0.3, 0.4) is 0 Å². The lowest BCUT2D eigenvalue weighted by Gasteiger charge is -2.08. The summed E-state index contributed by atoms with van der Waals surface area (Å²) in [6, 6.07) is 7.07. The summed E-state index contributed by atoms with van der Waals surface area (Å²) < 4.78 is 1.52. The van der Waals surface area contributed by atoms with Gasteiger partial charge in [0.15, 0.2) is 0 Å². The number of amides is 1. The maximum Gasteiger partial charge on any atom is 0.328 e.